The molecule has 3 nitrogen and oxygen atoms in total. The van der Waals surface area contributed by atoms with E-state index in [4.69, 9.17) is 3.56 Å². The number of hydrogen-bond acceptors (Lipinski definition) is 3. The summed E-state index contributed by atoms with van der Waals surface area (Å²) in [5, 5.41) is 19.2. The molecule has 1 aromatic rings. The summed E-state index contributed by atoms with van der Waals surface area (Å²) < 4.78 is 7.84. The van der Waals surface area contributed by atoms with Gasteiger partial charge >= 0.3 is 0 Å². The van der Waals surface area contributed by atoms with Crippen molar-refractivity contribution in [3.8, 4) is 11.5 Å². The van der Waals surface area contributed by atoms with Crippen molar-refractivity contribution in [1.29, 1.82) is 3.56 Å². The molecule has 1 aromatic carbocycles. The van der Waals surface area contributed by atoms with Crippen molar-refractivity contribution in [2.75, 3.05) is 4.43 Å². The van der Waals surface area contributed by atoms with Gasteiger partial charge < -0.3 is 10.2 Å². The molecule has 0 amide bonds. The van der Waals surface area contributed by atoms with Crippen molar-refractivity contribution in [3.63, 3.8) is 0 Å². The van der Waals surface area contributed by atoms with Gasteiger partial charge in [-0.2, -0.15) is 0 Å². The minimum Gasteiger partial charge on any atom is -0.508 e. The highest BCUT2D eigenvalue weighted by Gasteiger charge is 2.11. The molecule has 15 heavy (non-hydrogen) atoms. The van der Waals surface area contributed by atoms with Crippen molar-refractivity contribution >= 4 is 26.6 Å². The van der Waals surface area contributed by atoms with Crippen LogP contribution in [0, 0.1) is 10.5 Å². The van der Waals surface area contributed by atoms with Crippen LogP contribution >= 0.6 is 21.0 Å². The normalized spacial score (nSPS) is 9.67. The quantitative estimate of drug-likeness (QED) is 0.455. The van der Waals surface area contributed by atoms with Gasteiger partial charge in [0.25, 0.3) is 0 Å². The predicted octanol–water partition coefficient (Wildman–Crippen LogP) is 3.31. The Labute approximate surface area is 98.7 Å². The first-order chi connectivity index (χ1) is 7.11. The van der Waals surface area contributed by atoms with Crippen LogP contribution in [0.15, 0.2) is 24.4 Å². The van der Waals surface area contributed by atoms with Crippen LogP contribution in [-0.4, -0.2) is 14.6 Å². The van der Waals surface area contributed by atoms with Crippen molar-refractivity contribution in [2.45, 2.75) is 6.92 Å². The van der Waals surface area contributed by atoms with Crippen LogP contribution in [0.3, 0.4) is 0 Å². The summed E-state index contributed by atoms with van der Waals surface area (Å²) in [5.74, 6) is 0.124. The maximum atomic E-state index is 9.81. The van der Waals surface area contributed by atoms with Gasteiger partial charge in [0.05, 0.1) is 0 Å². The molecule has 0 saturated carbocycles. The summed E-state index contributed by atoms with van der Waals surface area (Å²) in [5.41, 5.74) is 4.55. The number of rotatable bonds is 3. The summed E-state index contributed by atoms with van der Waals surface area (Å²) >= 11 is -0.659. The molecule has 0 radical (unpaired) electrons. The van der Waals surface area contributed by atoms with E-state index in [-0.39, 0.29) is 11.5 Å². The van der Waals surface area contributed by atoms with Crippen LogP contribution in [0.1, 0.15) is 11.1 Å². The molecule has 3 N–H and O–H groups in total. The predicted molar refractivity (Wildman–Crippen MR) is 68.7 cm³/mol. The molecule has 80 valence electrons. The maximum absolute atomic E-state index is 9.81. The Bertz CT molecular complexity index is 448. The SMILES string of the molecule is C=C=C(CI=N)c1ccc(O)c(C)c1O. The van der Waals surface area contributed by atoms with Crippen molar-refractivity contribution in [2.24, 2.45) is 0 Å². The molecule has 0 aromatic heterocycles. The molecule has 0 unspecified atom stereocenters. The Kier molecular flexibility index (Phi) is 4.05. The molecule has 0 aliphatic carbocycles. The first-order valence-corrected chi connectivity index (χ1v) is 6.88. The van der Waals surface area contributed by atoms with Crippen LogP contribution < -0.4 is 0 Å². The third kappa shape index (κ3) is 2.46. The molecule has 1 rings (SSSR count). The molecule has 0 spiro atoms. The Morgan fingerprint density at radius 2 is 2.20 bits per heavy atom. The number of hydrogen-bond donors (Lipinski definition) is 3. The lowest BCUT2D eigenvalue weighted by molar-refractivity contribution is 0.442. The fourth-order valence-corrected chi connectivity index (χ4v) is 2.28. The van der Waals surface area contributed by atoms with Gasteiger partial charge in [-0.15, -0.1) is 5.73 Å². The highest BCUT2D eigenvalue weighted by Crippen LogP contribution is 2.34. The zero-order valence-corrected chi connectivity index (χ0v) is 10.5. The standard InChI is InChI=1S/C11H12INO2/c1-3-8(6-12-13)9-4-5-10(14)7(2)11(9)15/h4-5,13-15H,1,6H2,2H3. The molecule has 0 fully saturated rings. The van der Waals surface area contributed by atoms with Crippen LogP contribution in [0.4, 0.5) is 0 Å². The van der Waals surface area contributed by atoms with E-state index in [9.17, 15) is 10.2 Å². The molecule has 0 bridgehead atoms. The summed E-state index contributed by atoms with van der Waals surface area (Å²) in [6.07, 6.45) is 0. The van der Waals surface area contributed by atoms with E-state index in [0.717, 1.165) is 5.57 Å². The Balaban J connectivity index is 3.32. The molecule has 0 heterocycles. The van der Waals surface area contributed by atoms with Crippen molar-refractivity contribution in [3.05, 3.63) is 35.6 Å². The smallest absolute Gasteiger partial charge is 0.130 e. The summed E-state index contributed by atoms with van der Waals surface area (Å²) in [6, 6.07) is 3.16. The van der Waals surface area contributed by atoms with Crippen LogP contribution in [-0.2, 0) is 0 Å². The summed E-state index contributed by atoms with van der Waals surface area (Å²) in [6.45, 7) is 5.19. The Morgan fingerprint density at radius 3 is 2.73 bits per heavy atom. The average molecular weight is 317 g/mol. The molecule has 0 aliphatic heterocycles. The Morgan fingerprint density at radius 1 is 1.53 bits per heavy atom. The number of benzene rings is 1. The molecular formula is C11H12INO2. The van der Waals surface area contributed by atoms with E-state index in [1.165, 1.54) is 6.07 Å². The number of alkyl halides is 1. The van der Waals surface area contributed by atoms with Gasteiger partial charge in [0.1, 0.15) is 11.5 Å². The number of allylic oxidation sites excluding steroid dienone is 1. The van der Waals surface area contributed by atoms with Gasteiger partial charge in [-0.3, -0.25) is 3.56 Å². The third-order valence-electron chi connectivity index (χ3n) is 2.14. The first kappa shape index (κ1) is 11.9. The second-order valence-corrected chi connectivity index (χ2v) is 4.55. The van der Waals surface area contributed by atoms with E-state index in [1.807, 2.05) is 0 Å². The van der Waals surface area contributed by atoms with Gasteiger partial charge in [0.15, 0.2) is 0 Å². The fourth-order valence-electron chi connectivity index (χ4n) is 1.21. The number of nitrogens with one attached hydrogen (secondary N) is 1. The van der Waals surface area contributed by atoms with E-state index < -0.39 is 21.0 Å². The van der Waals surface area contributed by atoms with Gasteiger partial charge in [0, 0.05) is 21.1 Å². The minimum atomic E-state index is -0.659. The second kappa shape index (κ2) is 5.09. The fraction of sp³-hybridized carbons (Fsp3) is 0.182. The highest BCUT2D eigenvalue weighted by molar-refractivity contribution is 14.1. The maximum Gasteiger partial charge on any atom is 0.130 e. The van der Waals surface area contributed by atoms with Crippen molar-refractivity contribution in [1.82, 2.24) is 0 Å². The number of phenols is 2. The second-order valence-electron chi connectivity index (χ2n) is 3.03. The zero-order valence-electron chi connectivity index (χ0n) is 8.34. The van der Waals surface area contributed by atoms with Gasteiger partial charge in [-0.1, -0.05) is 6.58 Å². The lowest BCUT2D eigenvalue weighted by Gasteiger charge is -2.08. The van der Waals surface area contributed by atoms with Crippen LogP contribution in [0.5, 0.6) is 11.5 Å². The lowest BCUT2D eigenvalue weighted by Crippen LogP contribution is -1.88. The topological polar surface area (TPSA) is 64.3 Å². The first-order valence-electron chi connectivity index (χ1n) is 4.27. The summed E-state index contributed by atoms with van der Waals surface area (Å²) in [4.78, 5) is 0. The van der Waals surface area contributed by atoms with E-state index in [1.54, 1.807) is 13.0 Å². The third-order valence-corrected chi connectivity index (χ3v) is 3.29. The summed E-state index contributed by atoms with van der Waals surface area (Å²) in [7, 11) is 0. The molecular weight excluding hydrogens is 305 g/mol. The molecule has 0 saturated heterocycles. The molecule has 0 aliphatic rings. The van der Waals surface area contributed by atoms with E-state index >= 15 is 0 Å². The minimum absolute atomic E-state index is 0.0543. The monoisotopic (exact) mass is 317 g/mol. The number of aromatic hydroxyl groups is 2. The number of phenolic OH excluding ortho intramolecular Hbond substituents is 2. The van der Waals surface area contributed by atoms with Gasteiger partial charge in [-0.25, -0.2) is 0 Å². The van der Waals surface area contributed by atoms with E-state index in [0.29, 0.717) is 15.6 Å². The zero-order chi connectivity index (χ0) is 11.4. The number of halogens is 1. The van der Waals surface area contributed by atoms with E-state index in [2.05, 4.69) is 12.3 Å². The van der Waals surface area contributed by atoms with Gasteiger partial charge in [0.2, 0.25) is 0 Å². The average Bonchev–Trinajstić information content (AvgIpc) is 2.24. The molecule has 4 heteroatoms. The largest absolute Gasteiger partial charge is 0.508 e. The van der Waals surface area contributed by atoms with Crippen molar-refractivity contribution < 1.29 is 10.2 Å². The van der Waals surface area contributed by atoms with Crippen LogP contribution in [0.25, 0.3) is 5.57 Å². The lowest BCUT2D eigenvalue weighted by atomic mass is 10.0. The highest BCUT2D eigenvalue weighted by atomic mass is 127. The Hall–Kier alpha value is -1.13. The van der Waals surface area contributed by atoms with Crippen LogP contribution in [0.2, 0.25) is 0 Å². The molecule has 0 atom stereocenters. The van der Waals surface area contributed by atoms with Gasteiger partial charge in [-0.05, 0) is 40.1 Å².